The zero-order valence-electron chi connectivity index (χ0n) is 22.2. The second-order valence-electron chi connectivity index (χ2n) is 10.3. The number of carbonyl (C=O) groups excluding carboxylic acids is 2. The number of fused-ring (bicyclic) bond motifs is 3. The number of ether oxygens (including phenoxy) is 4. The molecule has 0 spiro atoms. The van der Waals surface area contributed by atoms with Crippen molar-refractivity contribution in [1.29, 1.82) is 0 Å². The average molecular weight is 559 g/mol. The van der Waals surface area contributed by atoms with Gasteiger partial charge in [0.05, 0.1) is 38.0 Å². The van der Waals surface area contributed by atoms with Gasteiger partial charge in [0.1, 0.15) is 24.4 Å². The van der Waals surface area contributed by atoms with Crippen LogP contribution in [-0.2, 0) is 35.0 Å². The van der Waals surface area contributed by atoms with E-state index < -0.39 is 67.4 Å². The Hall–Kier alpha value is -3.26. The average Bonchev–Trinajstić information content (AvgIpc) is 3.33. The second kappa shape index (κ2) is 11.3. The van der Waals surface area contributed by atoms with E-state index in [0.29, 0.717) is 0 Å². The van der Waals surface area contributed by atoms with Gasteiger partial charge in [-0.1, -0.05) is 24.3 Å². The van der Waals surface area contributed by atoms with Crippen molar-refractivity contribution >= 4 is 22.8 Å². The van der Waals surface area contributed by atoms with Crippen molar-refractivity contribution in [3.8, 4) is 0 Å². The number of carbonyl (C=O) groups is 2. The van der Waals surface area contributed by atoms with E-state index in [2.05, 4.69) is 11.6 Å². The van der Waals surface area contributed by atoms with E-state index in [1.807, 2.05) is 24.3 Å². The smallest absolute Gasteiger partial charge is 0.337 e. The fraction of sp³-hybridized carbons (Fsp3) is 0.500. The lowest BCUT2D eigenvalue weighted by atomic mass is 9.77. The molecule has 0 saturated carbocycles. The lowest BCUT2D eigenvalue weighted by Gasteiger charge is -2.44. The number of aromatic amines is 1. The van der Waals surface area contributed by atoms with E-state index in [1.54, 1.807) is 18.0 Å². The minimum absolute atomic E-state index is 0.0674. The van der Waals surface area contributed by atoms with Gasteiger partial charge in [-0.3, -0.25) is 4.79 Å². The summed E-state index contributed by atoms with van der Waals surface area (Å²) in [7, 11) is 2.97. The van der Waals surface area contributed by atoms with Crippen LogP contribution in [0.25, 0.3) is 10.9 Å². The predicted octanol–water partition coefficient (Wildman–Crippen LogP) is 0.262. The van der Waals surface area contributed by atoms with Gasteiger partial charge in [-0.2, -0.15) is 0 Å². The van der Waals surface area contributed by atoms with Crippen LogP contribution in [0.3, 0.4) is 0 Å². The minimum Gasteiger partial charge on any atom is -0.471 e. The molecule has 1 saturated heterocycles. The van der Waals surface area contributed by atoms with Gasteiger partial charge >= 0.3 is 5.97 Å². The largest absolute Gasteiger partial charge is 0.471 e. The van der Waals surface area contributed by atoms with Crippen molar-refractivity contribution in [3.05, 3.63) is 60.0 Å². The van der Waals surface area contributed by atoms with Crippen LogP contribution in [0.15, 0.2) is 48.8 Å². The molecule has 3 aliphatic rings. The highest BCUT2D eigenvalue weighted by atomic mass is 16.8. The molecule has 40 heavy (non-hydrogen) atoms. The first-order chi connectivity index (χ1) is 19.2. The SMILES string of the molecule is C=C[C@H]1[C@H](O[C@@H]2O[C@H](CO)[C@@H](O)[C@H](O)[C@H]2O)OC=C(C(=O)OC)[C@H]1C[C@@H]1c2[nH]c3ccccc3c2CC(=O)N1C. The maximum Gasteiger partial charge on any atom is 0.337 e. The normalized spacial score (nSPS) is 34.1. The number of aliphatic hydroxyl groups excluding tert-OH is 4. The number of H-pyrrole nitrogens is 1. The Labute approximate surface area is 230 Å². The fourth-order valence-corrected chi connectivity index (χ4v) is 5.88. The van der Waals surface area contributed by atoms with Crippen LogP contribution in [0.2, 0.25) is 0 Å². The monoisotopic (exact) mass is 558 g/mol. The van der Waals surface area contributed by atoms with Crippen molar-refractivity contribution < 1.29 is 49.0 Å². The number of hydrogen-bond acceptors (Lipinski definition) is 10. The van der Waals surface area contributed by atoms with E-state index in [4.69, 9.17) is 18.9 Å². The zero-order valence-corrected chi connectivity index (χ0v) is 22.2. The quantitative estimate of drug-likeness (QED) is 0.235. The molecule has 0 aliphatic carbocycles. The minimum atomic E-state index is -1.65. The maximum atomic E-state index is 13.1. The Morgan fingerprint density at radius 2 is 1.95 bits per heavy atom. The summed E-state index contributed by atoms with van der Waals surface area (Å²) in [5, 5.41) is 41.3. The number of nitrogens with one attached hydrogen (secondary N) is 1. The van der Waals surface area contributed by atoms with E-state index in [0.717, 1.165) is 22.2 Å². The summed E-state index contributed by atoms with van der Waals surface area (Å²) >= 11 is 0. The van der Waals surface area contributed by atoms with E-state index in [1.165, 1.54) is 13.4 Å². The van der Waals surface area contributed by atoms with Gasteiger partial charge in [-0.05, 0) is 18.1 Å². The summed E-state index contributed by atoms with van der Waals surface area (Å²) in [5.74, 6) is -1.98. The van der Waals surface area contributed by atoms with Crippen LogP contribution in [0.1, 0.15) is 23.7 Å². The van der Waals surface area contributed by atoms with Crippen molar-refractivity contribution in [2.24, 2.45) is 11.8 Å². The molecule has 1 aromatic heterocycles. The standard InChI is InChI=1S/C28H34N2O10/c1-4-13-15(9-19-22-16(10-21(32)30(19)2)14-7-5-6-8-18(14)29-22)17(26(36)37-3)12-38-27(13)40-28-25(35)24(34)23(33)20(11-31)39-28/h4-8,12-13,15,19-20,23-25,27-29,31,33-35H,1,9-11H2,2-3H3/t13-,15+,19-,20-,23-,24+,25-,27+,28+/m1/s1. The number of hydrogen-bond donors (Lipinski definition) is 5. The Bertz CT molecular complexity index is 1310. The van der Waals surface area contributed by atoms with Gasteiger partial charge in [0, 0.05) is 35.5 Å². The number of rotatable bonds is 7. The number of nitrogens with zero attached hydrogens (tertiary/aromatic N) is 1. The summed E-state index contributed by atoms with van der Waals surface area (Å²) in [6.07, 6.45) is -5.31. The summed E-state index contributed by atoms with van der Waals surface area (Å²) in [6, 6.07) is 7.30. The topological polar surface area (TPSA) is 171 Å². The van der Waals surface area contributed by atoms with Crippen LogP contribution in [0, 0.1) is 11.8 Å². The Balaban J connectivity index is 1.48. The van der Waals surface area contributed by atoms with Gasteiger partial charge < -0.3 is 49.3 Å². The molecule has 1 fully saturated rings. The highest BCUT2D eigenvalue weighted by Gasteiger charge is 2.48. The number of benzene rings is 1. The first-order valence-corrected chi connectivity index (χ1v) is 13.1. The molecular weight excluding hydrogens is 524 g/mol. The van der Waals surface area contributed by atoms with Gasteiger partial charge in [-0.15, -0.1) is 6.58 Å². The van der Waals surface area contributed by atoms with Crippen LogP contribution in [0.4, 0.5) is 0 Å². The third-order valence-electron chi connectivity index (χ3n) is 8.16. The third-order valence-corrected chi connectivity index (χ3v) is 8.16. The molecular formula is C28H34N2O10. The number of amides is 1. The molecule has 0 bridgehead atoms. The Morgan fingerprint density at radius 3 is 2.65 bits per heavy atom. The molecule has 2 aromatic rings. The summed E-state index contributed by atoms with van der Waals surface area (Å²) < 4.78 is 22.2. The number of aliphatic hydroxyl groups is 4. The molecule has 0 radical (unpaired) electrons. The van der Waals surface area contributed by atoms with Gasteiger partial charge in [0.25, 0.3) is 0 Å². The summed E-state index contributed by atoms with van der Waals surface area (Å²) in [6.45, 7) is 3.30. The maximum absolute atomic E-state index is 13.1. The first-order valence-electron chi connectivity index (χ1n) is 13.1. The van der Waals surface area contributed by atoms with Gasteiger partial charge in [0.2, 0.25) is 12.2 Å². The molecule has 1 aromatic carbocycles. The highest BCUT2D eigenvalue weighted by molar-refractivity contribution is 5.92. The van der Waals surface area contributed by atoms with Gasteiger partial charge in [-0.25, -0.2) is 4.79 Å². The number of methoxy groups -OCH3 is 1. The van der Waals surface area contributed by atoms with Crippen LogP contribution < -0.4 is 0 Å². The molecule has 3 aliphatic heterocycles. The first kappa shape index (κ1) is 28.3. The zero-order chi connectivity index (χ0) is 28.7. The Kier molecular flexibility index (Phi) is 8.00. The van der Waals surface area contributed by atoms with Crippen LogP contribution in [-0.4, -0.2) is 99.9 Å². The third kappa shape index (κ3) is 4.80. The lowest BCUT2D eigenvalue weighted by Crippen LogP contribution is -2.60. The number of aromatic nitrogens is 1. The lowest BCUT2D eigenvalue weighted by molar-refractivity contribution is -0.339. The molecule has 5 N–H and O–H groups in total. The molecule has 12 nitrogen and oxygen atoms in total. The highest BCUT2D eigenvalue weighted by Crippen LogP contribution is 2.44. The molecule has 12 heteroatoms. The van der Waals surface area contributed by atoms with Crippen molar-refractivity contribution in [3.63, 3.8) is 0 Å². The summed E-state index contributed by atoms with van der Waals surface area (Å²) in [5.41, 5.74) is 2.89. The molecule has 0 unspecified atom stereocenters. The number of likely N-dealkylation sites (N-methyl/N-ethyl adjacent to an activating group) is 1. The molecule has 4 heterocycles. The van der Waals surface area contributed by atoms with Crippen molar-refractivity contribution in [1.82, 2.24) is 9.88 Å². The second-order valence-corrected chi connectivity index (χ2v) is 10.3. The van der Waals surface area contributed by atoms with E-state index in [-0.39, 0.29) is 24.3 Å². The van der Waals surface area contributed by atoms with Gasteiger partial charge in [0.15, 0.2) is 6.29 Å². The van der Waals surface area contributed by atoms with Crippen molar-refractivity contribution in [2.75, 3.05) is 20.8 Å². The van der Waals surface area contributed by atoms with E-state index >= 15 is 0 Å². The number of esters is 1. The van der Waals surface area contributed by atoms with Crippen LogP contribution in [0.5, 0.6) is 0 Å². The molecule has 5 rings (SSSR count). The molecule has 9 atom stereocenters. The van der Waals surface area contributed by atoms with Crippen LogP contribution >= 0.6 is 0 Å². The predicted molar refractivity (Wildman–Crippen MR) is 139 cm³/mol. The number of para-hydroxylation sites is 1. The fourth-order valence-electron chi connectivity index (χ4n) is 5.88. The van der Waals surface area contributed by atoms with Crippen molar-refractivity contribution in [2.45, 2.75) is 55.9 Å². The molecule has 216 valence electrons. The molecule has 1 amide bonds. The van der Waals surface area contributed by atoms with E-state index in [9.17, 15) is 30.0 Å². The Morgan fingerprint density at radius 1 is 1.20 bits per heavy atom. The summed E-state index contributed by atoms with van der Waals surface area (Å²) in [4.78, 5) is 31.0.